The molecule has 0 saturated carbocycles. The Morgan fingerprint density at radius 1 is 1.12 bits per heavy atom. The lowest BCUT2D eigenvalue weighted by atomic mass is 10.1. The maximum atomic E-state index is 13.1. The molecule has 0 spiro atoms. The van der Waals surface area contributed by atoms with Gasteiger partial charge in [0.05, 0.1) is 6.26 Å². The first-order chi connectivity index (χ1) is 7.94. The molecule has 0 atom stereocenters. The SMILES string of the molecule is Fc1cc(OC(F)(F)F)cc(-c2ccco2)c1. The zero-order valence-electron chi connectivity index (χ0n) is 8.29. The first-order valence-electron chi connectivity index (χ1n) is 4.54. The van der Waals surface area contributed by atoms with Crippen molar-refractivity contribution in [2.75, 3.05) is 0 Å². The van der Waals surface area contributed by atoms with Crippen molar-refractivity contribution < 1.29 is 26.7 Å². The minimum Gasteiger partial charge on any atom is -0.464 e. The Kier molecular flexibility index (Phi) is 2.79. The molecule has 1 heterocycles. The predicted octanol–water partition coefficient (Wildman–Crippen LogP) is 3.98. The molecule has 0 radical (unpaired) electrons. The lowest BCUT2D eigenvalue weighted by Gasteiger charge is -2.09. The minimum absolute atomic E-state index is 0.175. The highest BCUT2D eigenvalue weighted by molar-refractivity contribution is 5.59. The van der Waals surface area contributed by atoms with Crippen LogP contribution in [0.4, 0.5) is 17.6 Å². The van der Waals surface area contributed by atoms with Gasteiger partial charge < -0.3 is 9.15 Å². The fourth-order valence-electron chi connectivity index (χ4n) is 1.34. The third kappa shape index (κ3) is 2.99. The van der Waals surface area contributed by atoms with Crippen LogP contribution < -0.4 is 4.74 Å². The van der Waals surface area contributed by atoms with Crippen molar-refractivity contribution in [3.63, 3.8) is 0 Å². The average molecular weight is 246 g/mol. The molecule has 0 fully saturated rings. The summed E-state index contributed by atoms with van der Waals surface area (Å²) in [4.78, 5) is 0. The number of furan rings is 1. The van der Waals surface area contributed by atoms with E-state index < -0.39 is 17.9 Å². The van der Waals surface area contributed by atoms with Crippen molar-refractivity contribution in [2.45, 2.75) is 6.36 Å². The van der Waals surface area contributed by atoms with Gasteiger partial charge in [-0.15, -0.1) is 13.2 Å². The van der Waals surface area contributed by atoms with Crippen LogP contribution >= 0.6 is 0 Å². The summed E-state index contributed by atoms with van der Waals surface area (Å²) in [6.45, 7) is 0. The molecule has 2 rings (SSSR count). The van der Waals surface area contributed by atoms with Gasteiger partial charge in [0.1, 0.15) is 17.3 Å². The molecule has 0 bridgehead atoms. The molecule has 0 N–H and O–H groups in total. The first kappa shape index (κ1) is 11.5. The molecular formula is C11H6F4O2. The number of benzene rings is 1. The van der Waals surface area contributed by atoms with Gasteiger partial charge in [0.25, 0.3) is 0 Å². The molecular weight excluding hydrogens is 240 g/mol. The van der Waals surface area contributed by atoms with Crippen LogP contribution in [-0.2, 0) is 0 Å². The topological polar surface area (TPSA) is 22.4 Å². The molecule has 0 aliphatic heterocycles. The van der Waals surface area contributed by atoms with Crippen molar-refractivity contribution in [3.8, 4) is 17.1 Å². The highest BCUT2D eigenvalue weighted by atomic mass is 19.4. The molecule has 1 aromatic carbocycles. The fraction of sp³-hybridized carbons (Fsp3) is 0.0909. The van der Waals surface area contributed by atoms with Crippen LogP contribution in [0.5, 0.6) is 5.75 Å². The molecule has 0 unspecified atom stereocenters. The van der Waals surface area contributed by atoms with Crippen molar-refractivity contribution in [3.05, 3.63) is 42.4 Å². The number of hydrogen-bond donors (Lipinski definition) is 0. The molecule has 0 saturated heterocycles. The molecule has 6 heteroatoms. The van der Waals surface area contributed by atoms with Crippen molar-refractivity contribution in [1.82, 2.24) is 0 Å². The van der Waals surface area contributed by atoms with E-state index in [0.717, 1.165) is 12.1 Å². The Labute approximate surface area is 93.4 Å². The van der Waals surface area contributed by atoms with Crippen LogP contribution in [0, 0.1) is 5.82 Å². The normalized spacial score (nSPS) is 11.5. The van der Waals surface area contributed by atoms with Crippen LogP contribution in [0.25, 0.3) is 11.3 Å². The van der Waals surface area contributed by atoms with E-state index in [9.17, 15) is 17.6 Å². The summed E-state index contributed by atoms with van der Waals surface area (Å²) >= 11 is 0. The van der Waals surface area contributed by atoms with E-state index in [1.807, 2.05) is 0 Å². The molecule has 17 heavy (non-hydrogen) atoms. The number of hydrogen-bond acceptors (Lipinski definition) is 2. The predicted molar refractivity (Wildman–Crippen MR) is 50.8 cm³/mol. The summed E-state index contributed by atoms with van der Waals surface area (Å²) in [5, 5.41) is 0. The largest absolute Gasteiger partial charge is 0.573 e. The number of ether oxygens (including phenoxy) is 1. The zero-order chi connectivity index (χ0) is 12.5. The van der Waals surface area contributed by atoms with Crippen LogP contribution in [0.1, 0.15) is 0 Å². The Morgan fingerprint density at radius 3 is 2.47 bits per heavy atom. The first-order valence-corrected chi connectivity index (χ1v) is 4.54. The standard InChI is InChI=1S/C11H6F4O2/c12-8-4-7(10-2-1-3-16-10)5-9(6-8)17-11(13,14)15/h1-6H. The highest BCUT2D eigenvalue weighted by Crippen LogP contribution is 2.29. The summed E-state index contributed by atoms with van der Waals surface area (Å²) in [6.07, 6.45) is -3.52. The molecule has 0 amide bonds. The third-order valence-corrected chi connectivity index (χ3v) is 1.91. The van der Waals surface area contributed by atoms with Gasteiger partial charge in [0.15, 0.2) is 0 Å². The second-order valence-corrected chi connectivity index (χ2v) is 3.20. The van der Waals surface area contributed by atoms with E-state index in [2.05, 4.69) is 4.74 Å². The Bertz CT molecular complexity index is 503. The maximum absolute atomic E-state index is 13.1. The van der Waals surface area contributed by atoms with E-state index >= 15 is 0 Å². The number of rotatable bonds is 2. The zero-order valence-corrected chi connectivity index (χ0v) is 8.29. The van der Waals surface area contributed by atoms with Crippen LogP contribution in [0.15, 0.2) is 41.0 Å². The summed E-state index contributed by atoms with van der Waals surface area (Å²) in [6, 6.07) is 5.81. The molecule has 1 aromatic heterocycles. The second kappa shape index (κ2) is 4.12. The van der Waals surface area contributed by atoms with Gasteiger partial charge in [0.2, 0.25) is 0 Å². The highest BCUT2D eigenvalue weighted by Gasteiger charge is 2.31. The van der Waals surface area contributed by atoms with Gasteiger partial charge >= 0.3 is 6.36 Å². The smallest absolute Gasteiger partial charge is 0.464 e. The Balaban J connectivity index is 2.36. The van der Waals surface area contributed by atoms with E-state index in [4.69, 9.17) is 4.42 Å². The van der Waals surface area contributed by atoms with E-state index in [1.165, 1.54) is 12.3 Å². The van der Waals surface area contributed by atoms with E-state index in [-0.39, 0.29) is 11.3 Å². The maximum Gasteiger partial charge on any atom is 0.573 e. The quantitative estimate of drug-likeness (QED) is 0.747. The van der Waals surface area contributed by atoms with Crippen molar-refractivity contribution in [1.29, 1.82) is 0 Å². The summed E-state index contributed by atoms with van der Waals surface area (Å²) in [7, 11) is 0. The Hall–Kier alpha value is -1.98. The lowest BCUT2D eigenvalue weighted by molar-refractivity contribution is -0.274. The second-order valence-electron chi connectivity index (χ2n) is 3.20. The van der Waals surface area contributed by atoms with Gasteiger partial charge in [-0.05, 0) is 24.3 Å². The monoisotopic (exact) mass is 246 g/mol. The minimum atomic E-state index is -4.85. The van der Waals surface area contributed by atoms with Crippen molar-refractivity contribution >= 4 is 0 Å². The van der Waals surface area contributed by atoms with E-state index in [0.29, 0.717) is 6.07 Å². The van der Waals surface area contributed by atoms with Gasteiger partial charge in [-0.2, -0.15) is 0 Å². The van der Waals surface area contributed by atoms with E-state index in [1.54, 1.807) is 6.07 Å². The van der Waals surface area contributed by atoms with Gasteiger partial charge in [0, 0.05) is 11.6 Å². The summed E-state index contributed by atoms with van der Waals surface area (Å²) in [5.41, 5.74) is 0.175. The van der Waals surface area contributed by atoms with Gasteiger partial charge in [-0.3, -0.25) is 0 Å². The summed E-state index contributed by atoms with van der Waals surface area (Å²) < 4.78 is 57.6. The van der Waals surface area contributed by atoms with Gasteiger partial charge in [-0.25, -0.2) is 4.39 Å². The summed E-state index contributed by atoms with van der Waals surface area (Å²) in [5.74, 6) is -1.20. The molecule has 0 aliphatic rings. The van der Waals surface area contributed by atoms with Crippen LogP contribution in [0.3, 0.4) is 0 Å². The van der Waals surface area contributed by atoms with Crippen LogP contribution in [0.2, 0.25) is 0 Å². The lowest BCUT2D eigenvalue weighted by Crippen LogP contribution is -2.17. The molecule has 2 aromatic rings. The average Bonchev–Trinajstić information content (AvgIpc) is 2.65. The third-order valence-electron chi connectivity index (χ3n) is 1.91. The van der Waals surface area contributed by atoms with Crippen LogP contribution in [-0.4, -0.2) is 6.36 Å². The molecule has 90 valence electrons. The molecule has 0 aliphatic carbocycles. The fourth-order valence-corrected chi connectivity index (χ4v) is 1.34. The van der Waals surface area contributed by atoms with Gasteiger partial charge in [-0.1, -0.05) is 0 Å². The van der Waals surface area contributed by atoms with Crippen molar-refractivity contribution in [2.24, 2.45) is 0 Å². The molecule has 2 nitrogen and oxygen atoms in total. The Morgan fingerprint density at radius 2 is 1.88 bits per heavy atom. The number of alkyl halides is 3. The number of halogens is 4.